The number of hydrogen-bond donors (Lipinski definition) is 1. The molecule has 0 aromatic heterocycles. The van der Waals surface area contributed by atoms with Crippen LogP contribution in [0.4, 0.5) is 0 Å². The average Bonchev–Trinajstić information content (AvgIpc) is 2.40. The molecule has 18 heavy (non-hydrogen) atoms. The second kappa shape index (κ2) is 6.39. The summed E-state index contributed by atoms with van der Waals surface area (Å²) in [5, 5.41) is 3.11. The summed E-state index contributed by atoms with van der Waals surface area (Å²) in [5.74, 6) is 0.630. The van der Waals surface area contributed by atoms with E-state index in [0.29, 0.717) is 12.0 Å². The van der Waals surface area contributed by atoms with Crippen molar-refractivity contribution in [3.63, 3.8) is 0 Å². The molecule has 1 N–H and O–H groups in total. The summed E-state index contributed by atoms with van der Waals surface area (Å²) in [6.07, 6.45) is 8.38. The molecule has 1 aliphatic carbocycles. The maximum absolute atomic E-state index is 11.8. The minimum atomic E-state index is 0.0256. The van der Waals surface area contributed by atoms with Gasteiger partial charge in [0.2, 0.25) is 5.91 Å². The Bertz CT molecular complexity index is 410. The van der Waals surface area contributed by atoms with Crippen LogP contribution in [0, 0.1) is 5.92 Å². The van der Waals surface area contributed by atoms with Gasteiger partial charge in [0.1, 0.15) is 0 Å². The maximum Gasteiger partial charge on any atom is 0.244 e. The van der Waals surface area contributed by atoms with Gasteiger partial charge in [-0.2, -0.15) is 0 Å². The Morgan fingerprint density at radius 1 is 1.22 bits per heavy atom. The summed E-state index contributed by atoms with van der Waals surface area (Å²) < 4.78 is 0. The predicted octanol–water partition coefficient (Wildman–Crippen LogP) is 3.39. The molecule has 0 saturated heterocycles. The number of hydrogen-bond acceptors (Lipinski definition) is 1. The molecular formula is C16H21NO. The zero-order valence-electron chi connectivity index (χ0n) is 10.9. The largest absolute Gasteiger partial charge is 0.350 e. The lowest BCUT2D eigenvalue weighted by Crippen LogP contribution is -2.40. The third-order valence-electron chi connectivity index (χ3n) is 3.67. The van der Waals surface area contributed by atoms with Crippen molar-refractivity contribution in [3.05, 3.63) is 42.0 Å². The summed E-state index contributed by atoms with van der Waals surface area (Å²) in [6, 6.07) is 10.3. The second-order valence-electron chi connectivity index (χ2n) is 5.12. The summed E-state index contributed by atoms with van der Waals surface area (Å²) in [4.78, 5) is 11.8. The van der Waals surface area contributed by atoms with Crippen LogP contribution >= 0.6 is 0 Å². The van der Waals surface area contributed by atoms with Gasteiger partial charge in [-0.25, -0.2) is 0 Å². The molecule has 2 atom stereocenters. The Kier molecular flexibility index (Phi) is 4.57. The monoisotopic (exact) mass is 243 g/mol. The standard InChI is InChI=1S/C16H21NO/c1-13-7-5-6-10-15(13)17-16(18)12-11-14-8-3-2-4-9-14/h2-4,8-9,11-13,15H,5-7,10H2,1H3,(H,17,18). The van der Waals surface area contributed by atoms with Gasteiger partial charge in [-0.3, -0.25) is 4.79 Å². The smallest absolute Gasteiger partial charge is 0.244 e. The van der Waals surface area contributed by atoms with Crippen LogP contribution < -0.4 is 5.32 Å². The number of carbonyl (C=O) groups excluding carboxylic acids is 1. The summed E-state index contributed by atoms with van der Waals surface area (Å²) in [5.41, 5.74) is 1.06. The number of benzene rings is 1. The van der Waals surface area contributed by atoms with E-state index in [2.05, 4.69) is 12.2 Å². The molecule has 0 bridgehead atoms. The molecule has 0 aliphatic heterocycles. The molecule has 2 heteroatoms. The van der Waals surface area contributed by atoms with Crippen molar-refractivity contribution >= 4 is 12.0 Å². The molecular weight excluding hydrogens is 222 g/mol. The molecule has 1 amide bonds. The van der Waals surface area contributed by atoms with Gasteiger partial charge >= 0.3 is 0 Å². The van der Waals surface area contributed by atoms with Gasteiger partial charge in [-0.05, 0) is 30.4 Å². The molecule has 1 fully saturated rings. The zero-order chi connectivity index (χ0) is 12.8. The number of carbonyl (C=O) groups is 1. The SMILES string of the molecule is CC1CCCCC1NC(=O)C=Cc1ccccc1. The van der Waals surface area contributed by atoms with Crippen LogP contribution in [0.15, 0.2) is 36.4 Å². The fourth-order valence-corrected chi connectivity index (χ4v) is 2.50. The van der Waals surface area contributed by atoms with Crippen LogP contribution in [-0.2, 0) is 4.79 Å². The molecule has 2 nitrogen and oxygen atoms in total. The van der Waals surface area contributed by atoms with Crippen LogP contribution in [0.3, 0.4) is 0 Å². The third-order valence-corrected chi connectivity index (χ3v) is 3.67. The lowest BCUT2D eigenvalue weighted by atomic mass is 9.86. The first-order chi connectivity index (χ1) is 8.75. The molecule has 1 saturated carbocycles. The lowest BCUT2D eigenvalue weighted by Gasteiger charge is -2.29. The van der Waals surface area contributed by atoms with Gasteiger partial charge < -0.3 is 5.32 Å². The van der Waals surface area contributed by atoms with Gasteiger partial charge in [0.05, 0.1) is 0 Å². The zero-order valence-corrected chi connectivity index (χ0v) is 10.9. The summed E-state index contributed by atoms with van der Waals surface area (Å²) in [7, 11) is 0. The van der Waals surface area contributed by atoms with E-state index in [9.17, 15) is 4.79 Å². The molecule has 96 valence electrons. The molecule has 1 aliphatic rings. The summed E-state index contributed by atoms with van der Waals surface area (Å²) >= 11 is 0. The number of rotatable bonds is 3. The minimum Gasteiger partial charge on any atom is -0.350 e. The maximum atomic E-state index is 11.8. The van der Waals surface area contributed by atoms with E-state index in [-0.39, 0.29) is 5.91 Å². The minimum absolute atomic E-state index is 0.0256. The molecule has 2 unspecified atom stereocenters. The third kappa shape index (κ3) is 3.73. The van der Waals surface area contributed by atoms with E-state index in [1.807, 2.05) is 36.4 Å². The average molecular weight is 243 g/mol. The van der Waals surface area contributed by atoms with Crippen molar-refractivity contribution in [2.45, 2.75) is 38.6 Å². The Labute approximate surface area is 109 Å². The van der Waals surface area contributed by atoms with Gasteiger partial charge in [0, 0.05) is 12.1 Å². The van der Waals surface area contributed by atoms with Crippen LogP contribution in [0.2, 0.25) is 0 Å². The Morgan fingerprint density at radius 2 is 1.94 bits per heavy atom. The Hall–Kier alpha value is -1.57. The van der Waals surface area contributed by atoms with Crippen LogP contribution in [0.25, 0.3) is 6.08 Å². The van der Waals surface area contributed by atoms with E-state index < -0.39 is 0 Å². The first-order valence-corrected chi connectivity index (χ1v) is 6.79. The Balaban J connectivity index is 1.86. The molecule has 0 radical (unpaired) electrons. The van der Waals surface area contributed by atoms with E-state index in [4.69, 9.17) is 0 Å². The Morgan fingerprint density at radius 3 is 2.67 bits per heavy atom. The molecule has 1 aromatic carbocycles. The highest BCUT2D eigenvalue weighted by atomic mass is 16.1. The molecule has 2 rings (SSSR count). The van der Waals surface area contributed by atoms with Gasteiger partial charge in [-0.1, -0.05) is 50.1 Å². The highest BCUT2D eigenvalue weighted by Gasteiger charge is 2.21. The van der Waals surface area contributed by atoms with Crippen molar-refractivity contribution in [2.24, 2.45) is 5.92 Å². The highest BCUT2D eigenvalue weighted by molar-refractivity contribution is 5.91. The van der Waals surface area contributed by atoms with Gasteiger partial charge in [0.15, 0.2) is 0 Å². The van der Waals surface area contributed by atoms with E-state index in [0.717, 1.165) is 12.0 Å². The first-order valence-electron chi connectivity index (χ1n) is 6.79. The van der Waals surface area contributed by atoms with Crippen LogP contribution in [-0.4, -0.2) is 11.9 Å². The second-order valence-corrected chi connectivity index (χ2v) is 5.12. The van der Waals surface area contributed by atoms with Crippen molar-refractivity contribution in [1.82, 2.24) is 5.32 Å². The number of amides is 1. The molecule has 0 heterocycles. The topological polar surface area (TPSA) is 29.1 Å². The van der Waals surface area contributed by atoms with E-state index in [1.165, 1.54) is 19.3 Å². The summed E-state index contributed by atoms with van der Waals surface area (Å²) in [6.45, 7) is 2.23. The van der Waals surface area contributed by atoms with Crippen molar-refractivity contribution < 1.29 is 4.79 Å². The van der Waals surface area contributed by atoms with Crippen LogP contribution in [0.1, 0.15) is 38.2 Å². The van der Waals surface area contributed by atoms with Crippen LogP contribution in [0.5, 0.6) is 0 Å². The predicted molar refractivity (Wildman–Crippen MR) is 75.0 cm³/mol. The normalized spacial score (nSPS) is 24.1. The lowest BCUT2D eigenvalue weighted by molar-refractivity contribution is -0.117. The first kappa shape index (κ1) is 12.9. The number of nitrogens with one attached hydrogen (secondary N) is 1. The fraction of sp³-hybridized carbons (Fsp3) is 0.438. The van der Waals surface area contributed by atoms with Crippen molar-refractivity contribution in [1.29, 1.82) is 0 Å². The molecule has 0 spiro atoms. The van der Waals surface area contributed by atoms with E-state index >= 15 is 0 Å². The highest BCUT2D eigenvalue weighted by Crippen LogP contribution is 2.23. The van der Waals surface area contributed by atoms with Gasteiger partial charge in [0.25, 0.3) is 0 Å². The fourth-order valence-electron chi connectivity index (χ4n) is 2.50. The quantitative estimate of drug-likeness (QED) is 0.810. The van der Waals surface area contributed by atoms with E-state index in [1.54, 1.807) is 6.08 Å². The van der Waals surface area contributed by atoms with Crippen molar-refractivity contribution in [2.75, 3.05) is 0 Å². The van der Waals surface area contributed by atoms with Crippen molar-refractivity contribution in [3.8, 4) is 0 Å². The van der Waals surface area contributed by atoms with Gasteiger partial charge in [-0.15, -0.1) is 0 Å². The molecule has 1 aromatic rings.